The second-order valence-corrected chi connectivity index (χ2v) is 9.40. The fraction of sp³-hybridized carbons (Fsp3) is 0.533. The number of aromatic carboxylic acids is 1. The number of benzene rings is 2. The molecule has 0 saturated carbocycles. The zero-order valence-corrected chi connectivity index (χ0v) is 21.6. The number of rotatable bonds is 18. The van der Waals surface area contributed by atoms with Gasteiger partial charge in [0.1, 0.15) is 5.75 Å². The molecule has 0 bridgehead atoms. The Hall–Kier alpha value is -2.82. The smallest absolute Gasteiger partial charge is 0.336 e. The van der Waals surface area contributed by atoms with Crippen LogP contribution < -0.4 is 4.90 Å². The van der Waals surface area contributed by atoms with Crippen LogP contribution in [0.25, 0.3) is 0 Å². The van der Waals surface area contributed by atoms with Crippen LogP contribution in [0, 0.1) is 0 Å². The van der Waals surface area contributed by atoms with Crippen LogP contribution in [0.15, 0.2) is 42.5 Å². The van der Waals surface area contributed by atoms with E-state index in [-0.39, 0.29) is 22.4 Å². The Kier molecular flexibility index (Phi) is 13.0. The van der Waals surface area contributed by atoms with Gasteiger partial charge in [0.2, 0.25) is 0 Å². The molecule has 2 aromatic carbocycles. The van der Waals surface area contributed by atoms with Crippen LogP contribution in [0.1, 0.15) is 117 Å². The van der Waals surface area contributed by atoms with Gasteiger partial charge < -0.3 is 15.1 Å². The highest BCUT2D eigenvalue weighted by Crippen LogP contribution is 2.28. The maximum atomic E-state index is 13.0. The van der Waals surface area contributed by atoms with Gasteiger partial charge in [0, 0.05) is 30.4 Å². The number of aromatic hydroxyl groups is 1. The second kappa shape index (κ2) is 16.0. The quantitative estimate of drug-likeness (QED) is 0.167. The van der Waals surface area contributed by atoms with Gasteiger partial charge in [-0.2, -0.15) is 0 Å². The van der Waals surface area contributed by atoms with Crippen LogP contribution in [-0.4, -0.2) is 35.1 Å². The van der Waals surface area contributed by atoms with E-state index in [9.17, 15) is 19.8 Å². The number of hydrogen-bond acceptors (Lipinski definition) is 4. The van der Waals surface area contributed by atoms with Crippen LogP contribution >= 0.6 is 0 Å². The lowest BCUT2D eigenvalue weighted by Gasteiger charge is -2.25. The topological polar surface area (TPSA) is 77.8 Å². The minimum Gasteiger partial charge on any atom is -0.507 e. The van der Waals surface area contributed by atoms with E-state index < -0.39 is 11.8 Å². The maximum Gasteiger partial charge on any atom is 0.336 e. The number of phenols is 1. The van der Waals surface area contributed by atoms with Crippen molar-refractivity contribution in [1.29, 1.82) is 0 Å². The average Bonchev–Trinajstić information content (AvgIpc) is 2.86. The van der Waals surface area contributed by atoms with E-state index in [1.54, 1.807) is 24.3 Å². The van der Waals surface area contributed by atoms with Gasteiger partial charge in [-0.25, -0.2) is 4.79 Å². The summed E-state index contributed by atoms with van der Waals surface area (Å²) in [4.78, 5) is 26.9. The molecule has 2 rings (SSSR count). The van der Waals surface area contributed by atoms with Crippen molar-refractivity contribution in [3.05, 3.63) is 59.2 Å². The van der Waals surface area contributed by atoms with Crippen LogP contribution in [-0.2, 0) is 0 Å². The normalized spacial score (nSPS) is 10.9. The molecule has 0 atom stereocenters. The van der Waals surface area contributed by atoms with E-state index in [1.165, 1.54) is 76.3 Å². The summed E-state index contributed by atoms with van der Waals surface area (Å²) in [5.41, 5.74) is 1.06. The van der Waals surface area contributed by atoms with Gasteiger partial charge in [-0.1, -0.05) is 96.3 Å². The molecule has 5 nitrogen and oxygen atoms in total. The summed E-state index contributed by atoms with van der Waals surface area (Å²) in [5, 5.41) is 20.2. The van der Waals surface area contributed by atoms with E-state index in [0.717, 1.165) is 31.6 Å². The third-order valence-corrected chi connectivity index (χ3v) is 6.56. The van der Waals surface area contributed by atoms with Gasteiger partial charge >= 0.3 is 5.97 Å². The van der Waals surface area contributed by atoms with E-state index in [4.69, 9.17) is 0 Å². The highest BCUT2D eigenvalue weighted by Gasteiger charge is 2.21. The first-order valence-corrected chi connectivity index (χ1v) is 13.4. The molecule has 0 radical (unpaired) electrons. The van der Waals surface area contributed by atoms with Crippen molar-refractivity contribution in [1.82, 2.24) is 0 Å². The van der Waals surface area contributed by atoms with Crippen molar-refractivity contribution in [2.75, 3.05) is 18.0 Å². The van der Waals surface area contributed by atoms with Crippen molar-refractivity contribution in [2.24, 2.45) is 0 Å². The number of carbonyl (C=O) groups is 2. The molecule has 0 heterocycles. The molecule has 0 aliphatic carbocycles. The lowest BCUT2D eigenvalue weighted by molar-refractivity contribution is 0.0692. The Morgan fingerprint density at radius 1 is 0.686 bits per heavy atom. The summed E-state index contributed by atoms with van der Waals surface area (Å²) in [6.45, 7) is 6.30. The number of carbonyl (C=O) groups excluding carboxylic acids is 1. The molecule has 0 saturated heterocycles. The van der Waals surface area contributed by atoms with Gasteiger partial charge in [-0.05, 0) is 31.0 Å². The van der Waals surface area contributed by atoms with Crippen molar-refractivity contribution in [3.63, 3.8) is 0 Å². The summed E-state index contributed by atoms with van der Waals surface area (Å²) in [7, 11) is 0. The molecule has 35 heavy (non-hydrogen) atoms. The predicted octanol–water partition coefficient (Wildman–Crippen LogP) is 7.85. The number of phenolic OH excluding ortho intramolecular Hbond substituents is 1. The molecule has 0 aromatic heterocycles. The average molecular weight is 482 g/mol. The first kappa shape index (κ1) is 28.4. The number of unbranched alkanes of at least 4 members (excludes halogenated alkanes) is 10. The molecule has 0 unspecified atom stereocenters. The van der Waals surface area contributed by atoms with Gasteiger partial charge in [0.25, 0.3) is 0 Å². The summed E-state index contributed by atoms with van der Waals surface area (Å²) < 4.78 is 0. The summed E-state index contributed by atoms with van der Waals surface area (Å²) >= 11 is 0. The fourth-order valence-electron chi connectivity index (χ4n) is 4.46. The van der Waals surface area contributed by atoms with Crippen LogP contribution in [0.4, 0.5) is 5.69 Å². The van der Waals surface area contributed by atoms with E-state index in [0.29, 0.717) is 0 Å². The minimum atomic E-state index is -1.16. The van der Waals surface area contributed by atoms with E-state index in [1.807, 2.05) is 6.07 Å². The Labute approximate surface area is 211 Å². The molecule has 5 heteroatoms. The summed E-state index contributed by atoms with van der Waals surface area (Å²) in [5.74, 6) is -1.75. The first-order chi connectivity index (χ1) is 17.0. The lowest BCUT2D eigenvalue weighted by atomic mass is 9.97. The monoisotopic (exact) mass is 481 g/mol. The highest BCUT2D eigenvalue weighted by molar-refractivity contribution is 6.15. The number of carboxylic acid groups (broad SMARTS) is 1. The molecule has 192 valence electrons. The highest BCUT2D eigenvalue weighted by atomic mass is 16.4. The number of anilines is 1. The van der Waals surface area contributed by atoms with Crippen molar-refractivity contribution in [3.8, 4) is 5.75 Å². The van der Waals surface area contributed by atoms with Gasteiger partial charge in [0.05, 0.1) is 11.1 Å². The Morgan fingerprint density at radius 2 is 1.20 bits per heavy atom. The molecule has 0 amide bonds. The predicted molar refractivity (Wildman–Crippen MR) is 144 cm³/mol. The van der Waals surface area contributed by atoms with Crippen molar-refractivity contribution < 1.29 is 19.8 Å². The summed E-state index contributed by atoms with van der Waals surface area (Å²) in [6, 6.07) is 11.3. The minimum absolute atomic E-state index is 0.0613. The van der Waals surface area contributed by atoms with Crippen molar-refractivity contribution in [2.45, 2.75) is 90.9 Å². The number of ketones is 1. The molecule has 0 aliphatic rings. The van der Waals surface area contributed by atoms with Crippen LogP contribution in [0.5, 0.6) is 5.75 Å². The zero-order valence-electron chi connectivity index (χ0n) is 21.6. The molecule has 0 aliphatic heterocycles. The second-order valence-electron chi connectivity index (χ2n) is 9.40. The van der Waals surface area contributed by atoms with Gasteiger partial charge in [-0.15, -0.1) is 0 Å². The molecule has 2 aromatic rings. The fourth-order valence-corrected chi connectivity index (χ4v) is 4.46. The standard InChI is InChI=1S/C30H43NO4/c1-3-5-7-9-11-15-21-31(22-16-12-10-8-6-4-2)24-19-20-27(28(32)23-24)29(33)25-17-13-14-18-26(25)30(34)35/h13-14,17-20,23,32H,3-12,15-16,21-22H2,1-2H3,(H,34,35). The van der Waals surface area contributed by atoms with Gasteiger partial charge in [0.15, 0.2) is 5.78 Å². The lowest BCUT2D eigenvalue weighted by Crippen LogP contribution is -2.25. The molecule has 0 spiro atoms. The number of nitrogens with zero attached hydrogens (tertiary/aromatic N) is 1. The van der Waals surface area contributed by atoms with E-state index in [2.05, 4.69) is 18.7 Å². The molecular formula is C30H43NO4. The zero-order chi connectivity index (χ0) is 25.5. The third kappa shape index (κ3) is 9.39. The SMILES string of the molecule is CCCCCCCCN(CCCCCCCC)c1ccc(C(=O)c2ccccc2C(=O)O)c(O)c1. The van der Waals surface area contributed by atoms with Gasteiger partial charge in [-0.3, -0.25) is 4.79 Å². The Balaban J connectivity index is 2.11. The summed E-state index contributed by atoms with van der Waals surface area (Å²) in [6.07, 6.45) is 14.7. The number of hydrogen-bond donors (Lipinski definition) is 2. The van der Waals surface area contributed by atoms with E-state index >= 15 is 0 Å². The maximum absolute atomic E-state index is 13.0. The van der Waals surface area contributed by atoms with Crippen LogP contribution in [0.2, 0.25) is 0 Å². The Morgan fingerprint density at radius 3 is 1.71 bits per heavy atom. The third-order valence-electron chi connectivity index (χ3n) is 6.56. The molecular weight excluding hydrogens is 438 g/mol. The largest absolute Gasteiger partial charge is 0.507 e. The first-order valence-electron chi connectivity index (χ1n) is 13.4. The van der Waals surface area contributed by atoms with Crippen LogP contribution in [0.3, 0.4) is 0 Å². The molecule has 2 N–H and O–H groups in total. The molecule has 0 fully saturated rings. The Bertz CT molecular complexity index is 908. The number of carboxylic acids is 1. The van der Waals surface area contributed by atoms with Crippen molar-refractivity contribution >= 4 is 17.4 Å².